The average Bonchev–Trinajstić information content (AvgIpc) is 2.47. The predicted octanol–water partition coefficient (Wildman–Crippen LogP) is 1.89. The smallest absolute Gasteiger partial charge is 0.0949 e. The summed E-state index contributed by atoms with van der Waals surface area (Å²) in [5.74, 6) is 0. The summed E-state index contributed by atoms with van der Waals surface area (Å²) in [5.41, 5.74) is 1.58. The zero-order chi connectivity index (χ0) is 10.3. The minimum absolute atomic E-state index is 0.245. The van der Waals surface area contributed by atoms with Crippen molar-refractivity contribution in [1.82, 2.24) is 14.5 Å². The number of hydrogen-bond acceptors (Lipinski definition) is 2. The fraction of sp³-hybridized carbons (Fsp3) is 0.727. The van der Waals surface area contributed by atoms with Crippen LogP contribution in [-0.4, -0.2) is 26.0 Å². The molecule has 0 saturated carbocycles. The lowest BCUT2D eigenvalue weighted by Crippen LogP contribution is -2.50. The van der Waals surface area contributed by atoms with Gasteiger partial charge in [-0.15, -0.1) is 0 Å². The first-order valence-corrected chi connectivity index (χ1v) is 5.24. The summed E-state index contributed by atoms with van der Waals surface area (Å²) in [6.45, 7) is 11.2. The lowest BCUT2D eigenvalue weighted by Gasteiger charge is -2.43. The molecule has 1 aliphatic heterocycles. The molecule has 3 nitrogen and oxygen atoms in total. The molecule has 0 N–H and O–H groups in total. The maximum Gasteiger partial charge on any atom is 0.0949 e. The minimum Gasteiger partial charge on any atom is -0.332 e. The number of aromatic nitrogens is 2. The summed E-state index contributed by atoms with van der Waals surface area (Å²) in [7, 11) is 0. The van der Waals surface area contributed by atoms with Crippen LogP contribution in [0.2, 0.25) is 0 Å². The van der Waals surface area contributed by atoms with Crippen LogP contribution in [-0.2, 0) is 13.1 Å². The Morgan fingerprint density at radius 1 is 1.43 bits per heavy atom. The first kappa shape index (κ1) is 9.71. The van der Waals surface area contributed by atoms with E-state index in [1.807, 2.05) is 12.5 Å². The molecule has 78 valence electrons. The second-order valence-corrected chi connectivity index (χ2v) is 5.19. The Morgan fingerprint density at radius 3 is 2.79 bits per heavy atom. The van der Waals surface area contributed by atoms with E-state index in [9.17, 15) is 0 Å². The van der Waals surface area contributed by atoms with Crippen molar-refractivity contribution in [2.24, 2.45) is 0 Å². The molecule has 0 radical (unpaired) electrons. The van der Waals surface area contributed by atoms with E-state index in [0.717, 1.165) is 13.1 Å². The van der Waals surface area contributed by atoms with Gasteiger partial charge in [0.1, 0.15) is 0 Å². The largest absolute Gasteiger partial charge is 0.332 e. The molecule has 0 fully saturated rings. The molecule has 2 heterocycles. The second-order valence-electron chi connectivity index (χ2n) is 5.19. The maximum absolute atomic E-state index is 4.19. The van der Waals surface area contributed by atoms with Crippen LogP contribution in [0.25, 0.3) is 0 Å². The third kappa shape index (κ3) is 1.57. The van der Waals surface area contributed by atoms with Crippen LogP contribution in [0.15, 0.2) is 12.5 Å². The number of imidazole rings is 1. The first-order chi connectivity index (χ1) is 6.48. The Balaban J connectivity index is 2.26. The van der Waals surface area contributed by atoms with Crippen LogP contribution in [0.5, 0.6) is 0 Å². The van der Waals surface area contributed by atoms with Gasteiger partial charge in [0.25, 0.3) is 0 Å². The summed E-state index contributed by atoms with van der Waals surface area (Å²) in [6, 6.07) is 0.594. The van der Waals surface area contributed by atoms with Crippen LogP contribution in [0.1, 0.15) is 33.4 Å². The van der Waals surface area contributed by atoms with Gasteiger partial charge in [-0.05, 0) is 27.7 Å². The monoisotopic (exact) mass is 193 g/mol. The zero-order valence-electron chi connectivity index (χ0n) is 9.49. The number of nitrogens with zero attached hydrogens (tertiary/aromatic N) is 3. The van der Waals surface area contributed by atoms with Crippen LogP contribution in [0.3, 0.4) is 0 Å². The van der Waals surface area contributed by atoms with Gasteiger partial charge in [-0.25, -0.2) is 4.98 Å². The SMILES string of the molecule is CC1Cn2cncc2CN1C(C)(C)C. The van der Waals surface area contributed by atoms with Crippen molar-refractivity contribution >= 4 is 0 Å². The Bertz CT molecular complexity index is 322. The van der Waals surface area contributed by atoms with Gasteiger partial charge in [0, 0.05) is 30.9 Å². The van der Waals surface area contributed by atoms with Crippen molar-refractivity contribution in [3.8, 4) is 0 Å². The normalized spacial score (nSPS) is 23.6. The molecular weight excluding hydrogens is 174 g/mol. The molecule has 0 aliphatic carbocycles. The average molecular weight is 193 g/mol. The molecular formula is C11H19N3. The summed E-state index contributed by atoms with van der Waals surface area (Å²) in [4.78, 5) is 6.72. The molecule has 1 unspecified atom stereocenters. The van der Waals surface area contributed by atoms with Gasteiger partial charge < -0.3 is 4.57 Å². The molecule has 0 spiro atoms. The first-order valence-electron chi connectivity index (χ1n) is 5.24. The summed E-state index contributed by atoms with van der Waals surface area (Å²) >= 11 is 0. The van der Waals surface area contributed by atoms with Gasteiger partial charge in [0.05, 0.1) is 12.0 Å². The van der Waals surface area contributed by atoms with Crippen molar-refractivity contribution in [3.63, 3.8) is 0 Å². The topological polar surface area (TPSA) is 21.1 Å². The van der Waals surface area contributed by atoms with Crippen LogP contribution >= 0.6 is 0 Å². The van der Waals surface area contributed by atoms with Crippen molar-refractivity contribution in [2.45, 2.75) is 52.4 Å². The van der Waals surface area contributed by atoms with Crippen molar-refractivity contribution in [2.75, 3.05) is 0 Å². The lowest BCUT2D eigenvalue weighted by atomic mass is 10.0. The highest BCUT2D eigenvalue weighted by Crippen LogP contribution is 2.25. The van der Waals surface area contributed by atoms with E-state index >= 15 is 0 Å². The Hall–Kier alpha value is -0.830. The highest BCUT2D eigenvalue weighted by molar-refractivity contribution is 5.04. The van der Waals surface area contributed by atoms with E-state index < -0.39 is 0 Å². The van der Waals surface area contributed by atoms with Crippen molar-refractivity contribution < 1.29 is 0 Å². The van der Waals surface area contributed by atoms with E-state index in [1.54, 1.807) is 0 Å². The molecule has 0 aromatic carbocycles. The van der Waals surface area contributed by atoms with Crippen LogP contribution < -0.4 is 0 Å². The zero-order valence-corrected chi connectivity index (χ0v) is 9.49. The molecule has 14 heavy (non-hydrogen) atoms. The molecule has 1 atom stereocenters. The Morgan fingerprint density at radius 2 is 2.14 bits per heavy atom. The minimum atomic E-state index is 0.245. The molecule has 1 aromatic heterocycles. The molecule has 1 aromatic rings. The maximum atomic E-state index is 4.19. The third-order valence-corrected chi connectivity index (χ3v) is 2.99. The van der Waals surface area contributed by atoms with E-state index in [-0.39, 0.29) is 5.54 Å². The van der Waals surface area contributed by atoms with Gasteiger partial charge in [0.2, 0.25) is 0 Å². The highest BCUT2D eigenvalue weighted by Gasteiger charge is 2.30. The van der Waals surface area contributed by atoms with Gasteiger partial charge >= 0.3 is 0 Å². The number of rotatable bonds is 0. The van der Waals surface area contributed by atoms with Crippen molar-refractivity contribution in [3.05, 3.63) is 18.2 Å². The van der Waals surface area contributed by atoms with E-state index in [0.29, 0.717) is 6.04 Å². The standard InChI is InChI=1S/C11H19N3/c1-9-6-13-8-12-5-10(13)7-14(9)11(2,3)4/h5,8-9H,6-7H2,1-4H3. The summed E-state index contributed by atoms with van der Waals surface area (Å²) in [6.07, 6.45) is 3.91. The second kappa shape index (κ2) is 3.09. The Kier molecular flexibility index (Phi) is 2.14. The van der Waals surface area contributed by atoms with Crippen LogP contribution in [0.4, 0.5) is 0 Å². The van der Waals surface area contributed by atoms with Crippen molar-refractivity contribution in [1.29, 1.82) is 0 Å². The molecule has 0 bridgehead atoms. The number of hydrogen-bond donors (Lipinski definition) is 0. The molecule has 1 aliphatic rings. The molecule has 0 amide bonds. The van der Waals surface area contributed by atoms with Crippen LogP contribution in [0, 0.1) is 0 Å². The Labute approximate surface area is 85.7 Å². The van der Waals surface area contributed by atoms with Gasteiger partial charge in [-0.2, -0.15) is 0 Å². The fourth-order valence-electron chi connectivity index (χ4n) is 2.26. The lowest BCUT2D eigenvalue weighted by molar-refractivity contribution is 0.0526. The molecule has 3 heteroatoms. The fourth-order valence-corrected chi connectivity index (χ4v) is 2.26. The van der Waals surface area contributed by atoms with Gasteiger partial charge in [0.15, 0.2) is 0 Å². The van der Waals surface area contributed by atoms with E-state index in [1.165, 1.54) is 5.69 Å². The predicted molar refractivity (Wildman–Crippen MR) is 57.0 cm³/mol. The van der Waals surface area contributed by atoms with Gasteiger partial charge in [-0.1, -0.05) is 0 Å². The summed E-state index contributed by atoms with van der Waals surface area (Å²) in [5, 5.41) is 0. The quantitative estimate of drug-likeness (QED) is 0.627. The van der Waals surface area contributed by atoms with Gasteiger partial charge in [-0.3, -0.25) is 4.90 Å². The molecule has 0 saturated heterocycles. The number of fused-ring (bicyclic) bond motifs is 1. The third-order valence-electron chi connectivity index (χ3n) is 2.99. The molecule has 2 rings (SSSR count). The van der Waals surface area contributed by atoms with E-state index in [2.05, 4.69) is 42.1 Å². The summed E-state index contributed by atoms with van der Waals surface area (Å²) < 4.78 is 2.26. The highest BCUT2D eigenvalue weighted by atomic mass is 15.3. The van der Waals surface area contributed by atoms with E-state index in [4.69, 9.17) is 0 Å².